The first-order chi connectivity index (χ1) is 9.99. The summed E-state index contributed by atoms with van der Waals surface area (Å²) in [6.07, 6.45) is 0. The number of carbonyl (C=O) groups excluding carboxylic acids is 3. The Labute approximate surface area is 127 Å². The minimum absolute atomic E-state index is 0.0524. The molecule has 6 nitrogen and oxygen atoms in total. The van der Waals surface area contributed by atoms with Crippen molar-refractivity contribution < 1.29 is 14.4 Å². The summed E-state index contributed by atoms with van der Waals surface area (Å²) in [5.74, 6) is -0.0218. The Morgan fingerprint density at radius 2 is 2.05 bits per heavy atom. The molecular weight excluding hydrogens is 290 g/mol. The van der Waals surface area contributed by atoms with Gasteiger partial charge in [0.25, 0.3) is 5.24 Å². The van der Waals surface area contributed by atoms with Crippen LogP contribution in [-0.2, 0) is 4.79 Å². The van der Waals surface area contributed by atoms with E-state index in [0.717, 1.165) is 11.8 Å². The molecule has 1 aliphatic heterocycles. The molecule has 1 fully saturated rings. The number of hydrogen-bond acceptors (Lipinski definition) is 6. The number of ketones is 1. The summed E-state index contributed by atoms with van der Waals surface area (Å²) in [4.78, 5) is 36.2. The lowest BCUT2D eigenvalue weighted by molar-refractivity contribution is -0.124. The Kier molecular flexibility index (Phi) is 4.98. The Hall–Kier alpha value is -1.86. The first kappa shape index (κ1) is 15.5. The molecule has 1 unspecified atom stereocenters. The molecule has 2 rings (SSSR count). The number of nitrogens with two attached hydrogens (primary N) is 1. The number of carbonyl (C=O) groups is 3. The number of nitrogens with one attached hydrogen (secondary N) is 1. The summed E-state index contributed by atoms with van der Waals surface area (Å²) in [7, 11) is 0. The fraction of sp³-hybridized carbons (Fsp3) is 0.357. The topological polar surface area (TPSA) is 92.5 Å². The molecule has 1 aliphatic rings. The fourth-order valence-corrected chi connectivity index (χ4v) is 2.73. The van der Waals surface area contributed by atoms with Gasteiger partial charge in [-0.1, -0.05) is 11.8 Å². The minimum atomic E-state index is -0.394. The van der Waals surface area contributed by atoms with E-state index in [9.17, 15) is 14.4 Å². The highest BCUT2D eigenvalue weighted by atomic mass is 32.2. The van der Waals surface area contributed by atoms with Gasteiger partial charge >= 0.3 is 0 Å². The van der Waals surface area contributed by atoms with E-state index in [2.05, 4.69) is 5.32 Å². The van der Waals surface area contributed by atoms with E-state index in [1.807, 2.05) is 0 Å². The molecule has 1 aromatic carbocycles. The van der Waals surface area contributed by atoms with Gasteiger partial charge in [0.05, 0.1) is 11.8 Å². The number of nitrogens with zero attached hydrogens (tertiary/aromatic N) is 1. The number of benzene rings is 1. The number of hydrogen-bond donors (Lipinski definition) is 2. The van der Waals surface area contributed by atoms with Gasteiger partial charge < -0.3 is 11.1 Å². The number of rotatable bonds is 6. The van der Waals surface area contributed by atoms with Crippen molar-refractivity contribution in [1.82, 2.24) is 10.2 Å². The summed E-state index contributed by atoms with van der Waals surface area (Å²) >= 11 is 1.01. The monoisotopic (exact) mass is 307 g/mol. The summed E-state index contributed by atoms with van der Waals surface area (Å²) < 4.78 is 0. The molecule has 112 valence electrons. The van der Waals surface area contributed by atoms with Crippen LogP contribution in [0.5, 0.6) is 0 Å². The molecule has 0 saturated carbocycles. The summed E-state index contributed by atoms with van der Waals surface area (Å²) in [6.45, 7) is 2.42. The first-order valence-corrected chi connectivity index (χ1v) is 7.58. The van der Waals surface area contributed by atoms with Crippen LogP contribution in [0.3, 0.4) is 0 Å². The molecular formula is C14H17N3O3S. The van der Waals surface area contributed by atoms with Crippen molar-refractivity contribution in [2.45, 2.75) is 13.0 Å². The molecule has 2 amide bonds. The van der Waals surface area contributed by atoms with Crippen LogP contribution in [0.15, 0.2) is 24.3 Å². The maximum atomic E-state index is 12.2. The SMILES string of the molecule is CC(NCCN1C(=O)CSC1=O)C(=O)c1ccc(N)cc1. The summed E-state index contributed by atoms with van der Waals surface area (Å²) in [5, 5.41) is 2.80. The third-order valence-corrected chi connectivity index (χ3v) is 4.07. The maximum Gasteiger partial charge on any atom is 0.288 e. The molecule has 0 spiro atoms. The lowest BCUT2D eigenvalue weighted by Gasteiger charge is -2.16. The van der Waals surface area contributed by atoms with Gasteiger partial charge in [0.2, 0.25) is 5.91 Å². The average Bonchev–Trinajstić information content (AvgIpc) is 2.79. The molecule has 1 aromatic rings. The number of Topliss-reactive ketones (excluding diaryl/α,β-unsaturated/α-hetero) is 1. The quantitative estimate of drug-likeness (QED) is 0.604. The minimum Gasteiger partial charge on any atom is -0.399 e. The second-order valence-corrected chi connectivity index (χ2v) is 5.69. The summed E-state index contributed by atoms with van der Waals surface area (Å²) in [5.41, 5.74) is 6.76. The third-order valence-electron chi connectivity index (χ3n) is 3.21. The highest BCUT2D eigenvalue weighted by Gasteiger charge is 2.29. The summed E-state index contributed by atoms with van der Waals surface area (Å²) in [6, 6.07) is 6.33. The number of anilines is 1. The third kappa shape index (κ3) is 3.83. The highest BCUT2D eigenvalue weighted by Crippen LogP contribution is 2.17. The van der Waals surface area contributed by atoms with E-state index in [4.69, 9.17) is 5.73 Å². The van der Waals surface area contributed by atoms with E-state index >= 15 is 0 Å². The van der Waals surface area contributed by atoms with Crippen molar-refractivity contribution in [2.24, 2.45) is 0 Å². The number of amides is 2. The van der Waals surface area contributed by atoms with Crippen LogP contribution in [0.2, 0.25) is 0 Å². The van der Waals surface area contributed by atoms with Gasteiger partial charge in [-0.15, -0.1) is 0 Å². The number of thioether (sulfide) groups is 1. The standard InChI is InChI=1S/C14H17N3O3S/c1-9(13(19)10-2-4-11(15)5-3-10)16-6-7-17-12(18)8-21-14(17)20/h2-5,9,16H,6-8,15H2,1H3. The van der Waals surface area contributed by atoms with E-state index in [0.29, 0.717) is 17.8 Å². The lowest BCUT2D eigenvalue weighted by Crippen LogP contribution is -2.41. The lowest BCUT2D eigenvalue weighted by atomic mass is 10.1. The smallest absolute Gasteiger partial charge is 0.288 e. The van der Waals surface area contributed by atoms with Gasteiger partial charge in [-0.05, 0) is 31.2 Å². The Bertz CT molecular complexity index is 543. The molecule has 1 saturated heterocycles. The van der Waals surface area contributed by atoms with Crippen molar-refractivity contribution in [3.63, 3.8) is 0 Å². The van der Waals surface area contributed by atoms with Gasteiger partial charge in [0, 0.05) is 24.3 Å². The van der Waals surface area contributed by atoms with Crippen LogP contribution in [0.1, 0.15) is 17.3 Å². The Morgan fingerprint density at radius 3 is 2.62 bits per heavy atom. The molecule has 3 N–H and O–H groups in total. The van der Waals surface area contributed by atoms with Crippen molar-refractivity contribution in [1.29, 1.82) is 0 Å². The highest BCUT2D eigenvalue weighted by molar-refractivity contribution is 8.14. The van der Waals surface area contributed by atoms with Crippen LogP contribution in [0, 0.1) is 0 Å². The maximum absolute atomic E-state index is 12.2. The normalized spacial score (nSPS) is 16.3. The van der Waals surface area contributed by atoms with Crippen LogP contribution in [-0.4, -0.2) is 46.7 Å². The molecule has 0 radical (unpaired) electrons. The molecule has 0 aromatic heterocycles. The average molecular weight is 307 g/mol. The van der Waals surface area contributed by atoms with Gasteiger partial charge in [0.15, 0.2) is 5.78 Å². The van der Waals surface area contributed by atoms with Crippen molar-refractivity contribution in [3.8, 4) is 0 Å². The van der Waals surface area contributed by atoms with Crippen LogP contribution >= 0.6 is 11.8 Å². The second-order valence-electron chi connectivity index (χ2n) is 4.76. The second kappa shape index (κ2) is 6.73. The molecule has 1 atom stereocenters. The van der Waals surface area contributed by atoms with E-state index in [-0.39, 0.29) is 29.2 Å². The van der Waals surface area contributed by atoms with Crippen LogP contribution < -0.4 is 11.1 Å². The predicted octanol–water partition coefficient (Wildman–Crippen LogP) is 1.12. The van der Waals surface area contributed by atoms with Crippen LogP contribution in [0.4, 0.5) is 10.5 Å². The van der Waals surface area contributed by atoms with Crippen molar-refractivity contribution in [3.05, 3.63) is 29.8 Å². The van der Waals surface area contributed by atoms with Crippen LogP contribution in [0.25, 0.3) is 0 Å². The van der Waals surface area contributed by atoms with Gasteiger partial charge in [-0.2, -0.15) is 0 Å². The van der Waals surface area contributed by atoms with Gasteiger partial charge in [-0.25, -0.2) is 0 Å². The van der Waals surface area contributed by atoms with Gasteiger partial charge in [0.1, 0.15) is 0 Å². The van der Waals surface area contributed by atoms with E-state index in [1.54, 1.807) is 31.2 Å². The Balaban J connectivity index is 1.83. The molecule has 0 aliphatic carbocycles. The molecule has 1 heterocycles. The zero-order valence-corrected chi connectivity index (χ0v) is 12.5. The molecule has 7 heteroatoms. The van der Waals surface area contributed by atoms with E-state index in [1.165, 1.54) is 4.90 Å². The van der Waals surface area contributed by atoms with Crippen molar-refractivity contribution in [2.75, 3.05) is 24.6 Å². The largest absolute Gasteiger partial charge is 0.399 e. The van der Waals surface area contributed by atoms with Crippen molar-refractivity contribution >= 4 is 34.4 Å². The fourth-order valence-electron chi connectivity index (χ4n) is 1.98. The molecule has 21 heavy (non-hydrogen) atoms. The molecule has 0 bridgehead atoms. The zero-order valence-electron chi connectivity index (χ0n) is 11.7. The Morgan fingerprint density at radius 1 is 1.38 bits per heavy atom. The zero-order chi connectivity index (χ0) is 15.4. The number of nitrogen functional groups attached to an aromatic ring is 1. The van der Waals surface area contributed by atoms with E-state index < -0.39 is 6.04 Å². The first-order valence-electron chi connectivity index (χ1n) is 6.59. The van der Waals surface area contributed by atoms with Gasteiger partial charge in [-0.3, -0.25) is 19.3 Å². The predicted molar refractivity (Wildman–Crippen MR) is 82.2 cm³/mol. The number of imide groups is 1.